The summed E-state index contributed by atoms with van der Waals surface area (Å²) in [6, 6.07) is 25.1. The van der Waals surface area contributed by atoms with Crippen molar-refractivity contribution in [2.75, 3.05) is 6.61 Å². The zero-order valence-electron chi connectivity index (χ0n) is 22.4. The molecular formula is C33H37NO3. The van der Waals surface area contributed by atoms with Gasteiger partial charge in [-0.15, -0.1) is 0 Å². The fourth-order valence-electron chi connectivity index (χ4n) is 5.41. The van der Waals surface area contributed by atoms with Crippen molar-refractivity contribution in [3.05, 3.63) is 89.6 Å². The van der Waals surface area contributed by atoms with Crippen LogP contribution in [0.4, 0.5) is 0 Å². The summed E-state index contributed by atoms with van der Waals surface area (Å²) in [5.74, 6) is 0.600. The van der Waals surface area contributed by atoms with Gasteiger partial charge in [-0.3, -0.25) is 0 Å². The maximum absolute atomic E-state index is 13.5. The van der Waals surface area contributed by atoms with E-state index in [1.807, 2.05) is 31.2 Å². The standard InChI is InChI=1S/C33H37NO3/c1-5-36-32(35)31-30(24-17-19-25(20-18-24)33(2,3)4)28-15-8-9-16-29(28)34(31)22-23-11-10-14-27(21-23)37-26-12-6-7-13-26/h8-11,14-21,26H,5-7,12-13,22H2,1-4H3. The Hall–Kier alpha value is -3.53. The van der Waals surface area contributed by atoms with Crippen molar-refractivity contribution in [2.24, 2.45) is 0 Å². The molecule has 0 atom stereocenters. The van der Waals surface area contributed by atoms with E-state index in [4.69, 9.17) is 9.47 Å². The van der Waals surface area contributed by atoms with Crippen LogP contribution in [-0.4, -0.2) is 23.2 Å². The first kappa shape index (κ1) is 25.1. The molecule has 0 N–H and O–H groups in total. The lowest BCUT2D eigenvalue weighted by Crippen LogP contribution is -2.15. The van der Waals surface area contributed by atoms with Crippen molar-refractivity contribution in [2.45, 2.75) is 71.4 Å². The Labute approximate surface area is 220 Å². The van der Waals surface area contributed by atoms with Crippen LogP contribution < -0.4 is 4.74 Å². The van der Waals surface area contributed by atoms with Crippen LogP contribution in [0.1, 0.15) is 75.0 Å². The molecule has 1 aromatic heterocycles. The first-order chi connectivity index (χ1) is 17.8. The topological polar surface area (TPSA) is 40.5 Å². The zero-order chi connectivity index (χ0) is 26.0. The van der Waals surface area contributed by atoms with E-state index in [0.29, 0.717) is 24.9 Å². The number of nitrogens with zero attached hydrogens (tertiary/aromatic N) is 1. The molecule has 0 unspecified atom stereocenters. The second kappa shape index (κ2) is 10.5. The van der Waals surface area contributed by atoms with Crippen molar-refractivity contribution in [1.29, 1.82) is 0 Å². The number of aromatic nitrogens is 1. The van der Waals surface area contributed by atoms with Crippen LogP contribution in [0.2, 0.25) is 0 Å². The molecule has 1 saturated carbocycles. The van der Waals surface area contributed by atoms with Crippen molar-refractivity contribution < 1.29 is 14.3 Å². The van der Waals surface area contributed by atoms with Crippen molar-refractivity contribution in [3.8, 4) is 16.9 Å². The minimum Gasteiger partial charge on any atom is -0.490 e. The number of rotatable bonds is 7. The second-order valence-electron chi connectivity index (χ2n) is 11.0. The van der Waals surface area contributed by atoms with Gasteiger partial charge in [-0.1, -0.05) is 75.4 Å². The quantitative estimate of drug-likeness (QED) is 0.243. The molecule has 3 aromatic carbocycles. The van der Waals surface area contributed by atoms with E-state index < -0.39 is 0 Å². The zero-order valence-corrected chi connectivity index (χ0v) is 22.4. The lowest BCUT2D eigenvalue weighted by atomic mass is 9.86. The Balaban J connectivity index is 1.61. The predicted molar refractivity (Wildman–Crippen MR) is 150 cm³/mol. The smallest absolute Gasteiger partial charge is 0.355 e. The number of para-hydroxylation sites is 1. The summed E-state index contributed by atoms with van der Waals surface area (Å²) >= 11 is 0. The monoisotopic (exact) mass is 495 g/mol. The molecule has 1 fully saturated rings. The normalized spacial score (nSPS) is 14.3. The van der Waals surface area contributed by atoms with Crippen LogP contribution in [0.25, 0.3) is 22.0 Å². The highest BCUT2D eigenvalue weighted by molar-refractivity contribution is 6.08. The van der Waals surface area contributed by atoms with Gasteiger partial charge in [0, 0.05) is 23.0 Å². The summed E-state index contributed by atoms with van der Waals surface area (Å²) in [4.78, 5) is 13.5. The molecular weight excluding hydrogens is 458 g/mol. The van der Waals surface area contributed by atoms with Gasteiger partial charge in [0.2, 0.25) is 0 Å². The van der Waals surface area contributed by atoms with Gasteiger partial charge in [0.25, 0.3) is 0 Å². The summed E-state index contributed by atoms with van der Waals surface area (Å²) in [5, 5.41) is 1.05. The van der Waals surface area contributed by atoms with Crippen LogP contribution in [0, 0.1) is 0 Å². The Kier molecular flexibility index (Phi) is 7.10. The Morgan fingerprint density at radius 3 is 2.38 bits per heavy atom. The van der Waals surface area contributed by atoms with Gasteiger partial charge in [0.15, 0.2) is 0 Å². The molecule has 0 radical (unpaired) electrons. The first-order valence-electron chi connectivity index (χ1n) is 13.5. The van der Waals surface area contributed by atoms with Gasteiger partial charge in [0.1, 0.15) is 11.4 Å². The van der Waals surface area contributed by atoms with E-state index >= 15 is 0 Å². The number of hydrogen-bond acceptors (Lipinski definition) is 3. The number of carbonyl (C=O) groups excluding carboxylic acids is 1. The molecule has 4 heteroatoms. The van der Waals surface area contributed by atoms with E-state index in [9.17, 15) is 4.79 Å². The largest absolute Gasteiger partial charge is 0.490 e. The number of fused-ring (bicyclic) bond motifs is 1. The average molecular weight is 496 g/mol. The highest BCUT2D eigenvalue weighted by atomic mass is 16.5. The fraction of sp³-hybridized carbons (Fsp3) is 0.364. The average Bonchev–Trinajstić information content (AvgIpc) is 3.50. The molecule has 4 nitrogen and oxygen atoms in total. The van der Waals surface area contributed by atoms with E-state index in [1.165, 1.54) is 18.4 Å². The Morgan fingerprint density at radius 1 is 0.946 bits per heavy atom. The lowest BCUT2D eigenvalue weighted by Gasteiger charge is -2.19. The van der Waals surface area contributed by atoms with Gasteiger partial charge in [-0.2, -0.15) is 0 Å². The van der Waals surface area contributed by atoms with E-state index in [-0.39, 0.29) is 11.4 Å². The molecule has 4 aromatic rings. The summed E-state index contributed by atoms with van der Waals surface area (Å²) in [6.07, 6.45) is 5.03. The number of hydrogen-bond donors (Lipinski definition) is 0. The van der Waals surface area contributed by atoms with Crippen LogP contribution in [0.15, 0.2) is 72.8 Å². The van der Waals surface area contributed by atoms with Gasteiger partial charge < -0.3 is 14.0 Å². The molecule has 192 valence electrons. The van der Waals surface area contributed by atoms with Crippen LogP contribution in [0.5, 0.6) is 5.75 Å². The van der Waals surface area contributed by atoms with E-state index in [0.717, 1.165) is 46.2 Å². The number of ether oxygens (including phenoxy) is 2. The second-order valence-corrected chi connectivity index (χ2v) is 11.0. The summed E-state index contributed by atoms with van der Waals surface area (Å²) in [7, 11) is 0. The molecule has 37 heavy (non-hydrogen) atoms. The third-order valence-electron chi connectivity index (χ3n) is 7.32. The summed E-state index contributed by atoms with van der Waals surface area (Å²) < 4.78 is 14.0. The lowest BCUT2D eigenvalue weighted by molar-refractivity contribution is 0.0516. The summed E-state index contributed by atoms with van der Waals surface area (Å²) in [6.45, 7) is 9.37. The Morgan fingerprint density at radius 2 is 1.68 bits per heavy atom. The third kappa shape index (κ3) is 5.29. The molecule has 1 aliphatic rings. The van der Waals surface area contributed by atoms with Crippen LogP contribution >= 0.6 is 0 Å². The van der Waals surface area contributed by atoms with Crippen LogP contribution in [0.3, 0.4) is 0 Å². The van der Waals surface area contributed by atoms with Crippen LogP contribution in [-0.2, 0) is 16.7 Å². The highest BCUT2D eigenvalue weighted by Gasteiger charge is 2.26. The molecule has 1 heterocycles. The molecule has 0 saturated heterocycles. The molecule has 0 spiro atoms. The molecule has 0 bridgehead atoms. The highest BCUT2D eigenvalue weighted by Crippen LogP contribution is 2.37. The van der Waals surface area contributed by atoms with Crippen molar-refractivity contribution >= 4 is 16.9 Å². The Bertz CT molecular complexity index is 1390. The first-order valence-corrected chi connectivity index (χ1v) is 13.5. The van der Waals surface area contributed by atoms with Gasteiger partial charge in [-0.25, -0.2) is 4.79 Å². The molecule has 1 aliphatic carbocycles. The number of carbonyl (C=O) groups is 1. The maximum atomic E-state index is 13.5. The predicted octanol–water partition coefficient (Wildman–Crippen LogP) is 8.15. The van der Waals surface area contributed by atoms with Crippen molar-refractivity contribution in [3.63, 3.8) is 0 Å². The number of esters is 1. The third-order valence-corrected chi connectivity index (χ3v) is 7.32. The van der Waals surface area contributed by atoms with E-state index in [2.05, 4.69) is 73.9 Å². The minimum atomic E-state index is -0.299. The molecule has 0 amide bonds. The van der Waals surface area contributed by atoms with Crippen molar-refractivity contribution in [1.82, 2.24) is 4.57 Å². The summed E-state index contributed by atoms with van der Waals surface area (Å²) in [5.41, 5.74) is 5.96. The maximum Gasteiger partial charge on any atom is 0.355 e. The van der Waals surface area contributed by atoms with Gasteiger partial charge in [0.05, 0.1) is 12.7 Å². The van der Waals surface area contributed by atoms with Gasteiger partial charge in [-0.05, 0) is 72.9 Å². The molecule has 0 aliphatic heterocycles. The SMILES string of the molecule is CCOC(=O)c1c(-c2ccc(C(C)(C)C)cc2)c2ccccc2n1Cc1cccc(OC2CCCC2)c1. The van der Waals surface area contributed by atoms with E-state index in [1.54, 1.807) is 0 Å². The minimum absolute atomic E-state index is 0.0576. The van der Waals surface area contributed by atoms with Gasteiger partial charge >= 0.3 is 5.97 Å². The number of benzene rings is 3. The molecule has 5 rings (SSSR count). The fourth-order valence-corrected chi connectivity index (χ4v) is 5.41.